The molecule has 0 aliphatic carbocycles. The van der Waals surface area contributed by atoms with E-state index in [1.165, 1.54) is 11.5 Å². The van der Waals surface area contributed by atoms with Crippen molar-refractivity contribution in [2.24, 2.45) is 11.1 Å². The van der Waals surface area contributed by atoms with E-state index in [-0.39, 0.29) is 12.4 Å². The average Bonchev–Trinajstić information content (AvgIpc) is 1.61. The summed E-state index contributed by atoms with van der Waals surface area (Å²) < 4.78 is 0. The molecular formula is C5H12ClNS. The molecule has 1 rings (SSSR count). The van der Waals surface area contributed by atoms with Crippen LogP contribution in [0.4, 0.5) is 0 Å². The maximum absolute atomic E-state index is 5.45. The summed E-state index contributed by atoms with van der Waals surface area (Å²) in [5, 5.41) is 0. The Labute approximate surface area is 60.8 Å². The molecule has 1 nitrogen and oxygen atoms in total. The summed E-state index contributed by atoms with van der Waals surface area (Å²) in [6.07, 6.45) is 0. The lowest BCUT2D eigenvalue weighted by molar-refractivity contribution is 0.422. The predicted molar refractivity (Wildman–Crippen MR) is 41.7 cm³/mol. The number of rotatable bonds is 1. The molecule has 1 aliphatic rings. The van der Waals surface area contributed by atoms with Gasteiger partial charge in [-0.1, -0.05) is 6.92 Å². The molecule has 1 fully saturated rings. The topological polar surface area (TPSA) is 26.0 Å². The van der Waals surface area contributed by atoms with Crippen LogP contribution in [-0.2, 0) is 0 Å². The Bertz CT molecular complexity index is 67.3. The molecule has 0 saturated carbocycles. The Morgan fingerprint density at radius 3 is 2.12 bits per heavy atom. The maximum Gasteiger partial charge on any atom is 0.000676 e. The van der Waals surface area contributed by atoms with Gasteiger partial charge in [0.1, 0.15) is 0 Å². The van der Waals surface area contributed by atoms with Gasteiger partial charge in [0.15, 0.2) is 0 Å². The molecule has 0 radical (unpaired) electrons. The van der Waals surface area contributed by atoms with E-state index in [4.69, 9.17) is 5.73 Å². The Hall–Kier alpha value is 0.600. The molecule has 1 heterocycles. The molecule has 8 heavy (non-hydrogen) atoms. The monoisotopic (exact) mass is 153 g/mol. The summed E-state index contributed by atoms with van der Waals surface area (Å²) in [6, 6.07) is 0. The van der Waals surface area contributed by atoms with E-state index >= 15 is 0 Å². The minimum atomic E-state index is 0. The molecule has 2 N–H and O–H groups in total. The van der Waals surface area contributed by atoms with Crippen LogP contribution in [-0.4, -0.2) is 18.1 Å². The molecular weight excluding hydrogens is 142 g/mol. The fraction of sp³-hybridized carbons (Fsp3) is 1.00. The summed E-state index contributed by atoms with van der Waals surface area (Å²) in [5.41, 5.74) is 5.96. The van der Waals surface area contributed by atoms with E-state index < -0.39 is 0 Å². The van der Waals surface area contributed by atoms with Gasteiger partial charge in [-0.2, -0.15) is 11.8 Å². The van der Waals surface area contributed by atoms with Crippen molar-refractivity contribution in [3.63, 3.8) is 0 Å². The highest BCUT2D eigenvalue weighted by molar-refractivity contribution is 8.00. The summed E-state index contributed by atoms with van der Waals surface area (Å²) in [6.45, 7) is 3.10. The van der Waals surface area contributed by atoms with Gasteiger partial charge in [0.2, 0.25) is 0 Å². The number of thioether (sulfide) groups is 1. The van der Waals surface area contributed by atoms with Crippen LogP contribution in [0.5, 0.6) is 0 Å². The third-order valence-electron chi connectivity index (χ3n) is 1.39. The molecule has 0 amide bonds. The van der Waals surface area contributed by atoms with Crippen LogP contribution < -0.4 is 5.73 Å². The molecule has 0 bridgehead atoms. The summed E-state index contributed by atoms with van der Waals surface area (Å²) in [7, 11) is 0. The van der Waals surface area contributed by atoms with Crippen LogP contribution >= 0.6 is 24.2 Å². The molecule has 50 valence electrons. The average molecular weight is 154 g/mol. The largest absolute Gasteiger partial charge is 0.330 e. The highest BCUT2D eigenvalue weighted by atomic mass is 35.5. The van der Waals surface area contributed by atoms with Crippen molar-refractivity contribution in [3.05, 3.63) is 0 Å². The predicted octanol–water partition coefficient (Wildman–Crippen LogP) is 1.12. The van der Waals surface area contributed by atoms with Crippen molar-refractivity contribution in [1.29, 1.82) is 0 Å². The Morgan fingerprint density at radius 1 is 1.62 bits per heavy atom. The smallest absolute Gasteiger partial charge is 0.000676 e. The second-order valence-corrected chi connectivity index (χ2v) is 3.49. The van der Waals surface area contributed by atoms with Crippen LogP contribution in [0.15, 0.2) is 0 Å². The molecule has 0 aromatic carbocycles. The highest BCUT2D eigenvalue weighted by Crippen LogP contribution is 2.35. The lowest BCUT2D eigenvalue weighted by Crippen LogP contribution is -2.39. The van der Waals surface area contributed by atoms with Gasteiger partial charge in [0.25, 0.3) is 0 Å². The Balaban J connectivity index is 0.000000490. The first-order chi connectivity index (χ1) is 3.27. The number of nitrogens with two attached hydrogens (primary N) is 1. The van der Waals surface area contributed by atoms with E-state index in [1.54, 1.807) is 0 Å². The van der Waals surface area contributed by atoms with Gasteiger partial charge in [-0.15, -0.1) is 12.4 Å². The number of hydrogen-bond acceptors (Lipinski definition) is 2. The zero-order chi connectivity index (χ0) is 5.33. The van der Waals surface area contributed by atoms with Gasteiger partial charge in [-0.25, -0.2) is 0 Å². The third-order valence-corrected chi connectivity index (χ3v) is 3.20. The summed E-state index contributed by atoms with van der Waals surface area (Å²) >= 11 is 1.99. The molecule has 0 aromatic rings. The SMILES string of the molecule is CC1(CN)CSC1.Cl. The summed E-state index contributed by atoms with van der Waals surface area (Å²) in [4.78, 5) is 0. The molecule has 0 unspecified atom stereocenters. The van der Waals surface area contributed by atoms with Crippen LogP contribution in [0.3, 0.4) is 0 Å². The molecule has 1 aliphatic heterocycles. The molecule has 3 heteroatoms. The molecule has 0 aromatic heterocycles. The second kappa shape index (κ2) is 2.95. The first-order valence-electron chi connectivity index (χ1n) is 2.55. The molecule has 0 spiro atoms. The fourth-order valence-electron chi connectivity index (χ4n) is 0.568. The van der Waals surface area contributed by atoms with Crippen molar-refractivity contribution in [2.45, 2.75) is 6.92 Å². The zero-order valence-electron chi connectivity index (χ0n) is 5.02. The fourth-order valence-corrected chi connectivity index (χ4v) is 1.71. The molecule has 0 atom stereocenters. The number of halogens is 1. The Kier molecular flexibility index (Phi) is 3.17. The first kappa shape index (κ1) is 8.60. The Morgan fingerprint density at radius 2 is 2.12 bits per heavy atom. The van der Waals surface area contributed by atoms with Crippen molar-refractivity contribution in [2.75, 3.05) is 18.1 Å². The zero-order valence-corrected chi connectivity index (χ0v) is 6.65. The van der Waals surface area contributed by atoms with Gasteiger partial charge in [0.05, 0.1) is 0 Å². The molecule has 1 saturated heterocycles. The van der Waals surface area contributed by atoms with Crippen molar-refractivity contribution in [3.8, 4) is 0 Å². The van der Waals surface area contributed by atoms with E-state index in [9.17, 15) is 0 Å². The lowest BCUT2D eigenvalue weighted by Gasteiger charge is -2.36. The third kappa shape index (κ3) is 1.54. The highest BCUT2D eigenvalue weighted by Gasteiger charge is 2.30. The van der Waals surface area contributed by atoms with Gasteiger partial charge in [-0.3, -0.25) is 0 Å². The quantitative estimate of drug-likeness (QED) is 0.611. The van der Waals surface area contributed by atoms with Gasteiger partial charge in [0, 0.05) is 11.5 Å². The summed E-state index contributed by atoms with van der Waals surface area (Å²) in [5.74, 6) is 2.53. The minimum Gasteiger partial charge on any atom is -0.330 e. The van der Waals surface area contributed by atoms with Gasteiger partial charge < -0.3 is 5.73 Å². The van der Waals surface area contributed by atoms with Crippen LogP contribution in [0.25, 0.3) is 0 Å². The van der Waals surface area contributed by atoms with Gasteiger partial charge >= 0.3 is 0 Å². The van der Waals surface area contributed by atoms with E-state index in [1.807, 2.05) is 11.8 Å². The van der Waals surface area contributed by atoms with Crippen molar-refractivity contribution >= 4 is 24.2 Å². The van der Waals surface area contributed by atoms with E-state index in [2.05, 4.69) is 6.92 Å². The maximum atomic E-state index is 5.45. The van der Waals surface area contributed by atoms with Crippen molar-refractivity contribution < 1.29 is 0 Å². The van der Waals surface area contributed by atoms with E-state index in [0.29, 0.717) is 5.41 Å². The standard InChI is InChI=1S/C5H11NS.ClH/c1-5(2-6)3-7-4-5;/h2-4,6H2,1H3;1H. The van der Waals surface area contributed by atoms with E-state index in [0.717, 1.165) is 6.54 Å². The van der Waals surface area contributed by atoms with Crippen LogP contribution in [0.1, 0.15) is 6.92 Å². The van der Waals surface area contributed by atoms with Crippen LogP contribution in [0.2, 0.25) is 0 Å². The first-order valence-corrected chi connectivity index (χ1v) is 3.70. The second-order valence-electron chi connectivity index (χ2n) is 2.51. The normalized spacial score (nSPS) is 23.2. The van der Waals surface area contributed by atoms with Crippen molar-refractivity contribution in [1.82, 2.24) is 0 Å². The number of hydrogen-bond donors (Lipinski definition) is 1. The minimum absolute atomic E-state index is 0. The van der Waals surface area contributed by atoms with Gasteiger partial charge in [-0.05, 0) is 12.0 Å². The lowest BCUT2D eigenvalue weighted by atomic mass is 9.96. The van der Waals surface area contributed by atoms with Crippen LogP contribution in [0, 0.1) is 5.41 Å².